The van der Waals surface area contributed by atoms with Crippen molar-refractivity contribution in [1.82, 2.24) is 46.6 Å². The molecule has 3 aliphatic rings. The second kappa shape index (κ2) is 58.0. The molecule has 1 saturated heterocycles. The van der Waals surface area contributed by atoms with Crippen molar-refractivity contribution in [2.75, 3.05) is 166 Å². The molecule has 0 radical (unpaired) electrons. The van der Waals surface area contributed by atoms with Crippen LogP contribution in [-0.2, 0) is 97.0 Å². The van der Waals surface area contributed by atoms with Gasteiger partial charge in [0.25, 0.3) is 0 Å². The Bertz CT molecular complexity index is 3480. The molecule has 15 atom stereocenters. The summed E-state index contributed by atoms with van der Waals surface area (Å²) in [5, 5.41) is 30.4. The summed E-state index contributed by atoms with van der Waals surface area (Å²) in [5.41, 5.74) is 6.81. The second-order valence-corrected chi connectivity index (χ2v) is 32.4. The number of anilines is 1. The third kappa shape index (κ3) is 37.2. The quantitative estimate of drug-likeness (QED) is 0.0260. The highest BCUT2D eigenvalue weighted by molar-refractivity contribution is 5.98. The maximum absolute atomic E-state index is 14.9. The SMILES string of the molecule is CC[C@H](C)[C@@H](C(CC(=O)N1CCC[C@H]1[C@H](OC)[C@@H](C)C(=O)N[C@H](C)[C@@H](O)c1ccccc1)OC)N(C)C(=O)[C@@H](NC(=O)[C@H](C(C)C)N(C)C(=O)OCc1ccc(NC(=O)[C@H](CCCNC(N)=O)NC(=O)[C@@H](NC(=O)CCOCCOCCOCCOCCOCCOCCOCCOCCNC(=O)OCC2[C@H]3CCC#CCC[C@@H]23)C(C)C)cc1)C(C)C. The van der Waals surface area contributed by atoms with Crippen molar-refractivity contribution in [3.8, 4) is 11.8 Å². The van der Waals surface area contributed by atoms with Crippen LogP contribution in [0.2, 0.25) is 0 Å². The van der Waals surface area contributed by atoms with E-state index in [-0.39, 0.29) is 76.4 Å². The van der Waals surface area contributed by atoms with E-state index in [9.17, 15) is 53.1 Å². The van der Waals surface area contributed by atoms with Gasteiger partial charge in [0, 0.05) is 72.9 Å². The van der Waals surface area contributed by atoms with Crippen LogP contribution < -0.4 is 43.0 Å². The van der Waals surface area contributed by atoms with Gasteiger partial charge in [-0.15, -0.1) is 11.8 Å². The number of likely N-dealkylation sites (N-methyl/N-ethyl adjacent to an activating group) is 2. The fourth-order valence-electron chi connectivity index (χ4n) is 15.2. The van der Waals surface area contributed by atoms with E-state index in [1.807, 2.05) is 32.0 Å². The van der Waals surface area contributed by atoms with Gasteiger partial charge in [0.1, 0.15) is 30.8 Å². The Morgan fingerprint density at radius 2 is 1.13 bits per heavy atom. The number of alkyl carbamates (subject to hydrolysis) is 1. The number of aliphatic hydroxyl groups excluding tert-OH is 1. The van der Waals surface area contributed by atoms with Crippen LogP contribution in [0.1, 0.15) is 157 Å². The van der Waals surface area contributed by atoms with Crippen LogP contribution in [0, 0.1) is 59.2 Å². The van der Waals surface area contributed by atoms with E-state index in [4.69, 9.17) is 62.6 Å². The topological polar surface area (TPSA) is 422 Å². The van der Waals surface area contributed by atoms with E-state index < -0.39 is 132 Å². The lowest BCUT2D eigenvalue weighted by molar-refractivity contribution is -0.148. The Balaban J connectivity index is 0.964. The van der Waals surface area contributed by atoms with E-state index in [1.165, 1.54) is 26.2 Å². The summed E-state index contributed by atoms with van der Waals surface area (Å²) < 4.78 is 67.7. The number of aliphatic hydroxyl groups is 1. The maximum atomic E-state index is 14.9. The van der Waals surface area contributed by atoms with Crippen LogP contribution in [-0.4, -0.2) is 294 Å². The van der Waals surface area contributed by atoms with E-state index >= 15 is 0 Å². The van der Waals surface area contributed by atoms with E-state index in [2.05, 4.69) is 49.1 Å². The molecule has 34 heteroatoms. The number of urea groups is 1. The van der Waals surface area contributed by atoms with Crippen LogP contribution in [0.4, 0.5) is 20.1 Å². The highest BCUT2D eigenvalue weighted by Crippen LogP contribution is 2.52. The van der Waals surface area contributed by atoms with E-state index in [0.717, 1.165) is 25.7 Å². The molecule has 0 bridgehead atoms. The number of primary amides is 1. The van der Waals surface area contributed by atoms with Gasteiger partial charge in [0.15, 0.2) is 0 Å². The van der Waals surface area contributed by atoms with Crippen molar-refractivity contribution >= 4 is 65.3 Å². The van der Waals surface area contributed by atoms with Crippen LogP contribution >= 0.6 is 0 Å². The fourth-order valence-corrected chi connectivity index (χ4v) is 15.2. The zero-order chi connectivity index (χ0) is 89.5. The van der Waals surface area contributed by atoms with Gasteiger partial charge in [-0.1, -0.05) is 111 Å². The monoisotopic (exact) mass is 1720 g/mol. The number of fused-ring (bicyclic) bond motifs is 1. The number of hydrogen-bond donors (Lipinski definition) is 9. The molecule has 1 heterocycles. The first-order chi connectivity index (χ1) is 58.5. The number of amides is 11. The minimum Gasteiger partial charge on any atom is -0.449 e. The van der Waals surface area contributed by atoms with Crippen LogP contribution in [0.3, 0.4) is 0 Å². The molecule has 2 fully saturated rings. The number of ether oxygens (including phenoxy) is 12. The number of nitrogens with one attached hydrogen (secondary N) is 7. The molecule has 10 N–H and O–H groups in total. The summed E-state index contributed by atoms with van der Waals surface area (Å²) in [6.07, 6.45) is 2.47. The van der Waals surface area contributed by atoms with Gasteiger partial charge in [-0.2, -0.15) is 0 Å². The van der Waals surface area contributed by atoms with Crippen LogP contribution in [0.5, 0.6) is 0 Å². The normalized spacial score (nSPS) is 18.3. The maximum Gasteiger partial charge on any atom is 0.410 e. The Kier molecular flexibility index (Phi) is 49.5. The highest BCUT2D eigenvalue weighted by atomic mass is 16.6. The molecule has 5 rings (SSSR count). The van der Waals surface area contributed by atoms with Crippen molar-refractivity contribution < 1.29 is 110 Å². The number of nitrogens with two attached hydrogens (primary N) is 1. The van der Waals surface area contributed by atoms with Gasteiger partial charge in [0.2, 0.25) is 41.4 Å². The largest absolute Gasteiger partial charge is 0.449 e. The Morgan fingerprint density at radius 3 is 1.65 bits per heavy atom. The average molecular weight is 1720 g/mol. The van der Waals surface area contributed by atoms with Crippen molar-refractivity contribution in [3.63, 3.8) is 0 Å². The van der Waals surface area contributed by atoms with E-state index in [0.29, 0.717) is 159 Å². The van der Waals surface area contributed by atoms with Crippen molar-refractivity contribution in [2.24, 2.45) is 53.1 Å². The standard InChI is InChI=1S/C88H143N11O23/c1-15-61(8)78(72(111-13)55-74(101)99-38-24-30-71(99)80(112-14)62(9)81(103)92-63(10)79(102)65-25-19-18-20-26-65)97(11)85(107)76(59(4)5)96-84(106)77(60(6)7)98(12)88(110)122-56-64-31-33-66(34-32-64)93-82(104)70(29-23-36-90-86(89)108)94-83(105)75(58(2)3)95-73(100)35-39-113-41-43-115-45-47-117-49-51-119-53-54-120-52-50-118-48-46-116-44-42-114-40-37-91-87(109)121-57-69-67-27-21-16-17-22-28-68(67)69/h18-20,25-26,31-34,58-63,67-72,75-80,102H,15,21-24,27-30,35-57H2,1-14H3,(H,91,109)(H,92,103)(H,93,104)(H,94,105)(H,95,100)(H,96,106)(H3,89,90,108)/t61-,62+,63+,67-,68+,69?,70-,71-,72?,75-,76-,77-,78-,79+,80+/m0/s1. The summed E-state index contributed by atoms with van der Waals surface area (Å²) in [6, 6.07) is 8.70. The lowest BCUT2D eigenvalue weighted by atomic mass is 9.89. The summed E-state index contributed by atoms with van der Waals surface area (Å²) in [4.78, 5) is 140. The molecule has 2 aromatic carbocycles. The highest BCUT2D eigenvalue weighted by Gasteiger charge is 2.50. The number of nitrogens with zero attached hydrogens (tertiary/aromatic N) is 3. The van der Waals surface area contributed by atoms with Crippen molar-refractivity contribution in [2.45, 2.75) is 207 Å². The third-order valence-electron chi connectivity index (χ3n) is 22.4. The minimum atomic E-state index is -1.13. The first-order valence-corrected chi connectivity index (χ1v) is 43.4. The predicted molar refractivity (Wildman–Crippen MR) is 456 cm³/mol. The summed E-state index contributed by atoms with van der Waals surface area (Å²) in [7, 11) is 6.09. The number of likely N-dealkylation sites (tertiary alicyclic amines) is 1. The minimum absolute atomic E-state index is 0.0523. The Morgan fingerprint density at radius 1 is 0.582 bits per heavy atom. The Labute approximate surface area is 721 Å². The smallest absolute Gasteiger partial charge is 0.410 e. The molecule has 2 aliphatic carbocycles. The molecular formula is C88H143N11O23. The first-order valence-electron chi connectivity index (χ1n) is 43.4. The predicted octanol–water partition coefficient (Wildman–Crippen LogP) is 6.28. The second-order valence-electron chi connectivity index (χ2n) is 32.4. The van der Waals surface area contributed by atoms with Gasteiger partial charge < -0.3 is 115 Å². The molecule has 688 valence electrons. The van der Waals surface area contributed by atoms with Gasteiger partial charge in [-0.25, -0.2) is 14.4 Å². The summed E-state index contributed by atoms with van der Waals surface area (Å²) in [6.45, 7) is 24.8. The third-order valence-corrected chi connectivity index (χ3v) is 22.4. The van der Waals surface area contributed by atoms with Gasteiger partial charge in [-0.3, -0.25) is 38.5 Å². The zero-order valence-electron chi connectivity index (χ0n) is 74.6. The fraction of sp³-hybridized carbons (Fsp3) is 0.727. The average Bonchev–Trinajstić information content (AvgIpc) is 1.58. The molecule has 34 nitrogen and oxygen atoms in total. The van der Waals surface area contributed by atoms with Crippen LogP contribution in [0.25, 0.3) is 0 Å². The lowest BCUT2D eigenvalue weighted by Crippen LogP contribution is -2.60. The number of rotatable bonds is 61. The zero-order valence-corrected chi connectivity index (χ0v) is 74.6. The van der Waals surface area contributed by atoms with E-state index in [1.54, 1.807) is 109 Å². The summed E-state index contributed by atoms with van der Waals surface area (Å²) >= 11 is 0. The number of benzene rings is 2. The van der Waals surface area contributed by atoms with Crippen molar-refractivity contribution in [1.29, 1.82) is 0 Å². The number of methoxy groups -OCH3 is 2. The van der Waals surface area contributed by atoms with Gasteiger partial charge >= 0.3 is 18.2 Å². The first kappa shape index (κ1) is 104. The molecule has 2 unspecified atom stereocenters. The number of carbonyl (C=O) groups excluding carboxylic acids is 10. The number of carbonyl (C=O) groups is 10. The molecule has 0 aromatic heterocycles. The van der Waals surface area contributed by atoms with Crippen molar-refractivity contribution in [3.05, 3.63) is 65.7 Å². The molecular weight excluding hydrogens is 1580 g/mol. The molecule has 11 amide bonds. The lowest BCUT2D eigenvalue weighted by Gasteiger charge is -2.41. The Hall–Kier alpha value is -8.34. The molecule has 1 saturated carbocycles. The van der Waals surface area contributed by atoms with Gasteiger partial charge in [-0.05, 0) is 110 Å². The molecule has 0 spiro atoms. The summed E-state index contributed by atoms with van der Waals surface area (Å²) in [5.74, 6) is 2.74. The van der Waals surface area contributed by atoms with Gasteiger partial charge in [0.05, 0.1) is 161 Å². The molecule has 122 heavy (non-hydrogen) atoms. The number of hydrogen-bond acceptors (Lipinski definition) is 23. The molecule has 1 aliphatic heterocycles. The van der Waals surface area contributed by atoms with Crippen LogP contribution in [0.15, 0.2) is 54.6 Å². The molecule has 2 aromatic rings.